The summed E-state index contributed by atoms with van der Waals surface area (Å²) in [5, 5.41) is 12.1. The van der Waals surface area contributed by atoms with Crippen molar-refractivity contribution in [1.82, 2.24) is 10.3 Å². The molecule has 94 valence electrons. The predicted molar refractivity (Wildman–Crippen MR) is 63.8 cm³/mol. The molecule has 0 atom stereocenters. The molecule has 0 aromatic carbocycles. The number of carbonyl (C=O) groups is 1. The zero-order valence-electron chi connectivity index (χ0n) is 10.4. The summed E-state index contributed by atoms with van der Waals surface area (Å²) in [7, 11) is 0. The van der Waals surface area contributed by atoms with E-state index in [1.807, 2.05) is 0 Å². The topological polar surface area (TPSA) is 71.5 Å². The first-order valence-electron chi connectivity index (χ1n) is 5.48. The number of alkyl carbamates (subject to hydrolysis) is 1. The van der Waals surface area contributed by atoms with Gasteiger partial charge in [-0.05, 0) is 32.9 Å². The molecule has 0 spiro atoms. The highest BCUT2D eigenvalue weighted by molar-refractivity contribution is 5.67. The number of nitrogens with zero attached hydrogens (tertiary/aromatic N) is 1. The Bertz CT molecular complexity index is 386. The summed E-state index contributed by atoms with van der Waals surface area (Å²) < 4.78 is 5.07. The van der Waals surface area contributed by atoms with Gasteiger partial charge in [-0.2, -0.15) is 0 Å². The third-order valence-corrected chi connectivity index (χ3v) is 1.90. The Morgan fingerprint density at radius 2 is 2.24 bits per heavy atom. The Balaban J connectivity index is 2.34. The van der Waals surface area contributed by atoms with Gasteiger partial charge >= 0.3 is 6.09 Å². The summed E-state index contributed by atoms with van der Waals surface area (Å²) >= 11 is 0. The van der Waals surface area contributed by atoms with Crippen LogP contribution < -0.4 is 5.32 Å². The number of hydrogen-bond donors (Lipinski definition) is 2. The number of amides is 1. The molecule has 1 amide bonds. The number of ether oxygens (including phenoxy) is 1. The Labute approximate surface area is 101 Å². The molecule has 1 aromatic heterocycles. The molecule has 0 radical (unpaired) electrons. The van der Waals surface area contributed by atoms with Gasteiger partial charge in [0.15, 0.2) is 0 Å². The van der Waals surface area contributed by atoms with Crippen LogP contribution in [0.3, 0.4) is 0 Å². The van der Waals surface area contributed by atoms with Crippen LogP contribution in [0.4, 0.5) is 4.79 Å². The summed E-state index contributed by atoms with van der Waals surface area (Å²) in [6.07, 6.45) is 1.60. The minimum atomic E-state index is -0.503. The van der Waals surface area contributed by atoms with Crippen LogP contribution in [0.5, 0.6) is 5.75 Å². The number of aromatic hydroxyl groups is 1. The highest BCUT2D eigenvalue weighted by Gasteiger charge is 2.15. The molecular weight excluding hydrogens is 220 g/mol. The summed E-state index contributed by atoms with van der Waals surface area (Å²) in [6.45, 7) is 5.78. The van der Waals surface area contributed by atoms with E-state index < -0.39 is 11.7 Å². The molecule has 0 bridgehead atoms. The third kappa shape index (κ3) is 5.19. The predicted octanol–water partition coefficient (Wildman–Crippen LogP) is 1.85. The Kier molecular flexibility index (Phi) is 4.31. The molecule has 5 heteroatoms. The second-order valence-electron chi connectivity index (χ2n) is 4.65. The zero-order chi connectivity index (χ0) is 12.9. The molecule has 0 aliphatic rings. The molecule has 17 heavy (non-hydrogen) atoms. The van der Waals surface area contributed by atoms with E-state index >= 15 is 0 Å². The molecule has 1 aromatic rings. The normalized spacial score (nSPS) is 11.0. The Morgan fingerprint density at radius 1 is 1.53 bits per heavy atom. The number of hydrogen-bond acceptors (Lipinski definition) is 4. The van der Waals surface area contributed by atoms with Crippen LogP contribution in [0.1, 0.15) is 26.5 Å². The Hall–Kier alpha value is -1.78. The van der Waals surface area contributed by atoms with Crippen LogP contribution in [0.2, 0.25) is 0 Å². The maximum atomic E-state index is 11.3. The van der Waals surface area contributed by atoms with Gasteiger partial charge in [-0.15, -0.1) is 0 Å². The van der Waals surface area contributed by atoms with Gasteiger partial charge in [-0.25, -0.2) is 4.79 Å². The Morgan fingerprint density at radius 3 is 2.82 bits per heavy atom. The highest BCUT2D eigenvalue weighted by atomic mass is 16.6. The molecule has 0 fully saturated rings. The SMILES string of the molecule is CC(C)(C)OC(=O)NCCc1ncccc1O. The van der Waals surface area contributed by atoms with Crippen molar-refractivity contribution in [1.29, 1.82) is 0 Å². The van der Waals surface area contributed by atoms with Crippen molar-refractivity contribution < 1.29 is 14.6 Å². The van der Waals surface area contributed by atoms with E-state index in [1.165, 1.54) is 0 Å². The van der Waals surface area contributed by atoms with Gasteiger partial charge < -0.3 is 15.2 Å². The molecule has 1 heterocycles. The first kappa shape index (κ1) is 13.3. The van der Waals surface area contributed by atoms with Crippen LogP contribution >= 0.6 is 0 Å². The maximum absolute atomic E-state index is 11.3. The van der Waals surface area contributed by atoms with Gasteiger partial charge in [-0.3, -0.25) is 4.98 Å². The minimum absolute atomic E-state index is 0.137. The van der Waals surface area contributed by atoms with Crippen molar-refractivity contribution >= 4 is 6.09 Å². The molecule has 0 unspecified atom stereocenters. The van der Waals surface area contributed by atoms with E-state index in [4.69, 9.17) is 4.74 Å². The maximum Gasteiger partial charge on any atom is 0.407 e. The molecular formula is C12H18N2O3. The fourth-order valence-corrected chi connectivity index (χ4v) is 1.22. The second-order valence-corrected chi connectivity index (χ2v) is 4.65. The molecule has 0 aliphatic carbocycles. The van der Waals surface area contributed by atoms with Gasteiger partial charge in [-0.1, -0.05) is 0 Å². The summed E-state index contributed by atoms with van der Waals surface area (Å²) in [6, 6.07) is 3.22. The minimum Gasteiger partial charge on any atom is -0.506 e. The fourth-order valence-electron chi connectivity index (χ4n) is 1.22. The van der Waals surface area contributed by atoms with E-state index in [0.717, 1.165) is 0 Å². The van der Waals surface area contributed by atoms with Gasteiger partial charge in [0.2, 0.25) is 0 Å². The lowest BCUT2D eigenvalue weighted by Gasteiger charge is -2.19. The monoisotopic (exact) mass is 238 g/mol. The third-order valence-electron chi connectivity index (χ3n) is 1.90. The molecule has 5 nitrogen and oxygen atoms in total. The molecule has 1 rings (SSSR count). The van der Waals surface area contributed by atoms with Crippen LogP contribution in [-0.4, -0.2) is 28.3 Å². The molecule has 0 saturated heterocycles. The quantitative estimate of drug-likeness (QED) is 0.843. The number of pyridine rings is 1. The summed E-state index contributed by atoms with van der Waals surface area (Å²) in [4.78, 5) is 15.3. The smallest absolute Gasteiger partial charge is 0.407 e. The number of carbonyl (C=O) groups excluding carboxylic acids is 1. The van der Waals surface area contributed by atoms with Crippen molar-refractivity contribution in [2.24, 2.45) is 0 Å². The lowest BCUT2D eigenvalue weighted by molar-refractivity contribution is 0.0528. The van der Waals surface area contributed by atoms with Crippen LogP contribution in [0, 0.1) is 0 Å². The van der Waals surface area contributed by atoms with Gasteiger partial charge in [0, 0.05) is 19.2 Å². The van der Waals surface area contributed by atoms with Gasteiger partial charge in [0.05, 0.1) is 5.69 Å². The van der Waals surface area contributed by atoms with Crippen molar-refractivity contribution in [2.75, 3.05) is 6.54 Å². The van der Waals surface area contributed by atoms with Crippen molar-refractivity contribution in [2.45, 2.75) is 32.8 Å². The van der Waals surface area contributed by atoms with Crippen LogP contribution in [0.25, 0.3) is 0 Å². The van der Waals surface area contributed by atoms with E-state index in [9.17, 15) is 9.90 Å². The zero-order valence-corrected chi connectivity index (χ0v) is 10.4. The van der Waals surface area contributed by atoms with Crippen molar-refractivity contribution in [3.05, 3.63) is 24.0 Å². The second kappa shape index (κ2) is 5.52. The highest BCUT2D eigenvalue weighted by Crippen LogP contribution is 2.12. The van der Waals surface area contributed by atoms with E-state index in [0.29, 0.717) is 18.7 Å². The van der Waals surface area contributed by atoms with E-state index in [1.54, 1.807) is 39.1 Å². The summed E-state index contributed by atoms with van der Waals surface area (Å²) in [5.41, 5.74) is 0.0561. The molecule has 0 saturated carbocycles. The van der Waals surface area contributed by atoms with E-state index in [2.05, 4.69) is 10.3 Å². The van der Waals surface area contributed by atoms with Crippen molar-refractivity contribution in [3.63, 3.8) is 0 Å². The van der Waals surface area contributed by atoms with E-state index in [-0.39, 0.29) is 5.75 Å². The summed E-state index contributed by atoms with van der Waals surface area (Å²) in [5.74, 6) is 0.137. The largest absolute Gasteiger partial charge is 0.506 e. The number of aromatic nitrogens is 1. The van der Waals surface area contributed by atoms with Crippen molar-refractivity contribution in [3.8, 4) is 5.75 Å². The standard InChI is InChI=1S/C12H18N2O3/c1-12(2,3)17-11(16)14-8-6-9-10(15)5-4-7-13-9/h4-5,7,15H,6,8H2,1-3H3,(H,14,16). The van der Waals surface area contributed by atoms with Gasteiger partial charge in [0.1, 0.15) is 11.4 Å². The lowest BCUT2D eigenvalue weighted by atomic mass is 10.2. The fraction of sp³-hybridized carbons (Fsp3) is 0.500. The first-order chi connectivity index (χ1) is 7.88. The van der Waals surface area contributed by atoms with Crippen LogP contribution in [-0.2, 0) is 11.2 Å². The van der Waals surface area contributed by atoms with Gasteiger partial charge in [0.25, 0.3) is 0 Å². The number of rotatable bonds is 3. The average molecular weight is 238 g/mol. The molecule has 0 aliphatic heterocycles. The lowest BCUT2D eigenvalue weighted by Crippen LogP contribution is -2.33. The van der Waals surface area contributed by atoms with Crippen LogP contribution in [0.15, 0.2) is 18.3 Å². The number of nitrogens with one attached hydrogen (secondary N) is 1. The average Bonchev–Trinajstić information content (AvgIpc) is 2.18. The first-order valence-corrected chi connectivity index (χ1v) is 5.48. The molecule has 2 N–H and O–H groups in total.